The van der Waals surface area contributed by atoms with Crippen molar-refractivity contribution in [2.75, 3.05) is 37.0 Å². The number of alkyl halides is 3. The maximum absolute atomic E-state index is 13.2. The third kappa shape index (κ3) is 5.16. The van der Waals surface area contributed by atoms with Gasteiger partial charge >= 0.3 is 6.18 Å². The molecule has 0 unspecified atom stereocenters. The van der Waals surface area contributed by atoms with Gasteiger partial charge in [0.25, 0.3) is 10.0 Å². The molecule has 0 N–H and O–H groups in total. The lowest BCUT2D eigenvalue weighted by Crippen LogP contribution is -2.51. The highest BCUT2D eigenvalue weighted by Crippen LogP contribution is 2.33. The summed E-state index contributed by atoms with van der Waals surface area (Å²) in [5.41, 5.74) is -1.29. The summed E-state index contributed by atoms with van der Waals surface area (Å²) in [6.45, 7) is 0.340. The highest BCUT2D eigenvalue weighted by molar-refractivity contribution is 7.92. The van der Waals surface area contributed by atoms with Crippen molar-refractivity contribution in [3.63, 3.8) is 0 Å². The van der Waals surface area contributed by atoms with Crippen molar-refractivity contribution < 1.29 is 31.2 Å². The molecule has 2 aromatic carbocycles. The summed E-state index contributed by atoms with van der Waals surface area (Å²) < 4.78 is 66.7. The van der Waals surface area contributed by atoms with Crippen LogP contribution in [0.25, 0.3) is 0 Å². The number of nitrogens with zero attached hydrogens (tertiary/aromatic N) is 3. The van der Waals surface area contributed by atoms with Gasteiger partial charge in [-0.1, -0.05) is 24.3 Å². The van der Waals surface area contributed by atoms with E-state index in [0.717, 1.165) is 12.1 Å². The van der Waals surface area contributed by atoms with Crippen molar-refractivity contribution in [2.24, 2.45) is 0 Å². The Morgan fingerprint density at radius 3 is 2.23 bits per heavy atom. The average molecular weight is 455 g/mol. The minimum absolute atomic E-state index is 0.147. The normalized spacial score (nSPS) is 14.9. The Morgan fingerprint density at radius 1 is 1.00 bits per heavy atom. The number of amides is 2. The van der Waals surface area contributed by atoms with Crippen molar-refractivity contribution in [1.29, 1.82) is 0 Å². The molecule has 2 amide bonds. The SMILES string of the molecule is O=CN1CCN(C(=O)CN(c2cccc(C(F)(F)F)c2)S(=O)(=O)c2ccccc2)CC1. The van der Waals surface area contributed by atoms with E-state index in [9.17, 15) is 31.2 Å². The summed E-state index contributed by atoms with van der Waals surface area (Å²) in [6, 6.07) is 11.0. The van der Waals surface area contributed by atoms with Gasteiger partial charge in [-0.2, -0.15) is 13.2 Å². The molecule has 0 bridgehead atoms. The monoisotopic (exact) mass is 455 g/mol. The first-order chi connectivity index (χ1) is 14.6. The van der Waals surface area contributed by atoms with Gasteiger partial charge < -0.3 is 9.80 Å². The second-order valence-electron chi connectivity index (χ2n) is 6.89. The van der Waals surface area contributed by atoms with Crippen LogP contribution in [-0.2, 0) is 25.8 Å². The number of sulfonamides is 1. The van der Waals surface area contributed by atoms with E-state index < -0.39 is 34.2 Å². The Balaban J connectivity index is 1.96. The standard InChI is InChI=1S/C20H20F3N3O4S/c21-20(22,23)16-5-4-6-17(13-16)26(31(29,30)18-7-2-1-3-8-18)14-19(28)25-11-9-24(15-27)10-12-25/h1-8,13,15H,9-12,14H2. The largest absolute Gasteiger partial charge is 0.416 e. The van der Waals surface area contributed by atoms with Crippen molar-refractivity contribution in [1.82, 2.24) is 9.80 Å². The van der Waals surface area contributed by atoms with Gasteiger partial charge in [0.1, 0.15) is 6.54 Å². The number of carbonyl (C=O) groups excluding carboxylic acids is 2. The number of carbonyl (C=O) groups is 2. The van der Waals surface area contributed by atoms with Gasteiger partial charge in [-0.05, 0) is 30.3 Å². The number of halogens is 3. The molecule has 0 radical (unpaired) electrons. The summed E-state index contributed by atoms with van der Waals surface area (Å²) >= 11 is 0. The molecule has 0 spiro atoms. The summed E-state index contributed by atoms with van der Waals surface area (Å²) in [4.78, 5) is 26.4. The fraction of sp³-hybridized carbons (Fsp3) is 0.300. The Morgan fingerprint density at radius 2 is 1.65 bits per heavy atom. The summed E-state index contributed by atoms with van der Waals surface area (Å²) in [7, 11) is -4.31. The fourth-order valence-corrected chi connectivity index (χ4v) is 4.60. The third-order valence-electron chi connectivity index (χ3n) is 4.89. The molecule has 0 aliphatic carbocycles. The topological polar surface area (TPSA) is 78.0 Å². The highest BCUT2D eigenvalue weighted by Gasteiger charge is 2.34. The second-order valence-corrected chi connectivity index (χ2v) is 8.76. The van der Waals surface area contributed by atoms with E-state index in [2.05, 4.69) is 0 Å². The van der Waals surface area contributed by atoms with Crippen LogP contribution in [0.5, 0.6) is 0 Å². The number of piperazine rings is 1. The Hall–Kier alpha value is -3.08. The van der Waals surface area contributed by atoms with Crippen molar-refractivity contribution in [2.45, 2.75) is 11.1 Å². The van der Waals surface area contributed by atoms with Crippen LogP contribution in [0.15, 0.2) is 59.5 Å². The van der Waals surface area contributed by atoms with Crippen LogP contribution >= 0.6 is 0 Å². The predicted octanol–water partition coefficient (Wildman–Crippen LogP) is 2.20. The second kappa shape index (κ2) is 8.96. The molecule has 1 fully saturated rings. The van der Waals surface area contributed by atoms with E-state index in [4.69, 9.17) is 0 Å². The van der Waals surface area contributed by atoms with Gasteiger partial charge in [0.05, 0.1) is 16.1 Å². The third-order valence-corrected chi connectivity index (χ3v) is 6.68. The maximum Gasteiger partial charge on any atom is 0.416 e. The van der Waals surface area contributed by atoms with Crippen LogP contribution in [0.2, 0.25) is 0 Å². The molecule has 1 aliphatic rings. The molecular weight excluding hydrogens is 435 g/mol. The Bertz CT molecular complexity index is 1040. The van der Waals surface area contributed by atoms with E-state index in [-0.39, 0.29) is 23.7 Å². The molecule has 7 nitrogen and oxygen atoms in total. The average Bonchev–Trinajstić information content (AvgIpc) is 2.77. The zero-order valence-corrected chi connectivity index (χ0v) is 17.1. The molecule has 0 saturated carbocycles. The van der Waals surface area contributed by atoms with Crippen LogP contribution in [0.1, 0.15) is 5.56 Å². The molecule has 166 valence electrons. The van der Waals surface area contributed by atoms with Gasteiger partial charge in [-0.25, -0.2) is 8.42 Å². The first-order valence-corrected chi connectivity index (χ1v) is 10.8. The molecule has 11 heteroatoms. The lowest BCUT2D eigenvalue weighted by atomic mass is 10.2. The zero-order valence-electron chi connectivity index (χ0n) is 16.3. The zero-order chi connectivity index (χ0) is 22.6. The van der Waals surface area contributed by atoms with Gasteiger partial charge in [0.2, 0.25) is 12.3 Å². The van der Waals surface area contributed by atoms with Crippen molar-refractivity contribution >= 4 is 28.0 Å². The lowest BCUT2D eigenvalue weighted by Gasteiger charge is -2.34. The smallest absolute Gasteiger partial charge is 0.342 e. The Labute approximate surface area is 177 Å². The molecule has 1 aliphatic heterocycles. The van der Waals surface area contributed by atoms with Crippen LogP contribution < -0.4 is 4.31 Å². The molecular formula is C20H20F3N3O4S. The summed E-state index contributed by atoms with van der Waals surface area (Å²) in [5.74, 6) is -0.567. The fourth-order valence-electron chi connectivity index (χ4n) is 3.17. The maximum atomic E-state index is 13.2. The number of hydrogen-bond acceptors (Lipinski definition) is 4. The summed E-state index contributed by atoms with van der Waals surface area (Å²) in [5, 5.41) is 0. The van der Waals surface area contributed by atoms with E-state index in [1.165, 1.54) is 40.1 Å². The summed E-state index contributed by atoms with van der Waals surface area (Å²) in [6.07, 6.45) is -4.01. The molecule has 3 rings (SSSR count). The number of anilines is 1. The number of hydrogen-bond donors (Lipinski definition) is 0. The van der Waals surface area contributed by atoms with Crippen LogP contribution in [-0.4, -0.2) is 63.3 Å². The predicted molar refractivity (Wildman–Crippen MR) is 107 cm³/mol. The van der Waals surface area contributed by atoms with Gasteiger partial charge in [-0.3, -0.25) is 13.9 Å². The highest BCUT2D eigenvalue weighted by atomic mass is 32.2. The molecule has 0 aromatic heterocycles. The quantitative estimate of drug-likeness (QED) is 0.626. The minimum Gasteiger partial charge on any atom is -0.342 e. The Kier molecular flexibility index (Phi) is 6.54. The van der Waals surface area contributed by atoms with Crippen LogP contribution in [0.3, 0.4) is 0 Å². The van der Waals surface area contributed by atoms with Gasteiger partial charge in [-0.15, -0.1) is 0 Å². The minimum atomic E-state index is -4.67. The van der Waals surface area contributed by atoms with E-state index >= 15 is 0 Å². The first-order valence-electron chi connectivity index (χ1n) is 9.35. The number of rotatable bonds is 6. The van der Waals surface area contributed by atoms with Crippen molar-refractivity contribution in [3.05, 3.63) is 60.2 Å². The van der Waals surface area contributed by atoms with Crippen LogP contribution in [0.4, 0.5) is 18.9 Å². The first kappa shape index (κ1) is 22.6. The molecule has 1 saturated heterocycles. The van der Waals surface area contributed by atoms with Gasteiger partial charge in [0, 0.05) is 26.2 Å². The lowest BCUT2D eigenvalue weighted by molar-refractivity contribution is -0.137. The molecule has 1 heterocycles. The van der Waals surface area contributed by atoms with Crippen molar-refractivity contribution in [3.8, 4) is 0 Å². The van der Waals surface area contributed by atoms with E-state index in [0.29, 0.717) is 29.9 Å². The molecule has 31 heavy (non-hydrogen) atoms. The number of benzene rings is 2. The van der Waals surface area contributed by atoms with Gasteiger partial charge in [0.15, 0.2) is 0 Å². The molecule has 2 aromatic rings. The van der Waals surface area contributed by atoms with E-state index in [1.54, 1.807) is 6.07 Å². The van der Waals surface area contributed by atoms with E-state index in [1.807, 2.05) is 0 Å². The van der Waals surface area contributed by atoms with Crippen LogP contribution in [0, 0.1) is 0 Å². The molecule has 0 atom stereocenters.